The van der Waals surface area contributed by atoms with Crippen molar-refractivity contribution in [3.63, 3.8) is 0 Å². The van der Waals surface area contributed by atoms with E-state index in [4.69, 9.17) is 23.2 Å². The number of carbonyl (C=O) groups is 1. The van der Waals surface area contributed by atoms with Crippen molar-refractivity contribution in [1.29, 1.82) is 0 Å². The van der Waals surface area contributed by atoms with Crippen LogP contribution in [0.4, 0.5) is 5.69 Å². The van der Waals surface area contributed by atoms with Crippen molar-refractivity contribution in [2.24, 2.45) is 0 Å². The van der Waals surface area contributed by atoms with Gasteiger partial charge in [0.25, 0.3) is 10.0 Å². The van der Waals surface area contributed by atoms with E-state index in [2.05, 4.69) is 9.46 Å². The van der Waals surface area contributed by atoms with Gasteiger partial charge in [0.1, 0.15) is 9.77 Å². The predicted molar refractivity (Wildman–Crippen MR) is 82.9 cm³/mol. The van der Waals surface area contributed by atoms with E-state index in [9.17, 15) is 13.2 Å². The second kappa shape index (κ2) is 6.23. The molecule has 1 heterocycles. The Hall–Kier alpha value is -1.28. The first kappa shape index (κ1) is 16.1. The van der Waals surface area contributed by atoms with E-state index in [1.807, 2.05) is 0 Å². The number of halogens is 2. The maximum atomic E-state index is 12.4. The lowest BCUT2D eigenvalue weighted by atomic mass is 10.3. The molecule has 9 heteroatoms. The lowest BCUT2D eigenvalue weighted by Crippen LogP contribution is -2.15. The normalized spacial score (nSPS) is 11.2. The molecule has 2 rings (SSSR count). The molecule has 1 aromatic heterocycles. The van der Waals surface area contributed by atoms with Crippen LogP contribution in [0.5, 0.6) is 0 Å². The number of hydrogen-bond acceptors (Lipinski definition) is 5. The number of sulfonamides is 1. The monoisotopic (exact) mass is 365 g/mol. The summed E-state index contributed by atoms with van der Waals surface area (Å²) in [6.07, 6.45) is 0. The Labute approximate surface area is 135 Å². The molecule has 0 radical (unpaired) electrons. The summed E-state index contributed by atoms with van der Waals surface area (Å²) < 4.78 is 31.8. The quantitative estimate of drug-likeness (QED) is 0.839. The van der Waals surface area contributed by atoms with Gasteiger partial charge in [0, 0.05) is 5.02 Å². The zero-order chi connectivity index (χ0) is 15.6. The Bertz CT molecular complexity index is 786. The van der Waals surface area contributed by atoms with Crippen LogP contribution in [0.3, 0.4) is 0 Å². The van der Waals surface area contributed by atoms with Crippen LogP contribution in [0.15, 0.2) is 35.2 Å². The summed E-state index contributed by atoms with van der Waals surface area (Å²) in [5.74, 6) is -0.765. The van der Waals surface area contributed by atoms with Crippen molar-refractivity contribution in [1.82, 2.24) is 0 Å². The van der Waals surface area contributed by atoms with E-state index in [-0.39, 0.29) is 19.8 Å². The molecule has 0 unspecified atom stereocenters. The minimum Gasteiger partial charge on any atom is -0.465 e. The standard InChI is InChI=1S/C12H9Cl2NO4S2/c1-19-12(16)11-9(6-10(14)20-11)21(17,18)15-8-4-2-3-7(13)5-8/h2-6,15H,1H3. The molecule has 0 amide bonds. The Morgan fingerprint density at radius 3 is 2.62 bits per heavy atom. The van der Waals surface area contributed by atoms with Gasteiger partial charge in [0.15, 0.2) is 0 Å². The minimum atomic E-state index is -3.98. The molecule has 0 fully saturated rings. The number of methoxy groups -OCH3 is 1. The van der Waals surface area contributed by atoms with Crippen LogP contribution in [0.1, 0.15) is 9.67 Å². The largest absolute Gasteiger partial charge is 0.465 e. The molecule has 112 valence electrons. The van der Waals surface area contributed by atoms with Crippen molar-refractivity contribution in [2.75, 3.05) is 11.8 Å². The molecule has 0 aliphatic carbocycles. The first-order chi connectivity index (χ1) is 9.83. The first-order valence-corrected chi connectivity index (χ1v) is 8.55. The van der Waals surface area contributed by atoms with Gasteiger partial charge in [-0.05, 0) is 24.3 Å². The van der Waals surface area contributed by atoms with Crippen molar-refractivity contribution in [2.45, 2.75) is 4.90 Å². The topological polar surface area (TPSA) is 72.5 Å². The van der Waals surface area contributed by atoms with Gasteiger partial charge < -0.3 is 4.74 Å². The summed E-state index contributed by atoms with van der Waals surface area (Å²) in [6.45, 7) is 0. The molecule has 1 N–H and O–H groups in total. The highest BCUT2D eigenvalue weighted by Crippen LogP contribution is 2.32. The zero-order valence-electron chi connectivity index (χ0n) is 10.6. The third kappa shape index (κ3) is 3.68. The molecule has 0 spiro atoms. The molecule has 21 heavy (non-hydrogen) atoms. The van der Waals surface area contributed by atoms with Gasteiger partial charge in [0.2, 0.25) is 0 Å². The molecule has 0 saturated heterocycles. The van der Waals surface area contributed by atoms with Crippen LogP contribution < -0.4 is 4.72 Å². The molecular formula is C12H9Cl2NO4S2. The third-order valence-electron chi connectivity index (χ3n) is 2.41. The van der Waals surface area contributed by atoms with Gasteiger partial charge in [-0.1, -0.05) is 29.3 Å². The highest BCUT2D eigenvalue weighted by molar-refractivity contribution is 7.93. The van der Waals surface area contributed by atoms with Crippen molar-refractivity contribution in [3.05, 3.63) is 44.6 Å². The van der Waals surface area contributed by atoms with Gasteiger partial charge in [-0.3, -0.25) is 4.72 Å². The maximum Gasteiger partial charge on any atom is 0.349 e. The van der Waals surface area contributed by atoms with Crippen molar-refractivity contribution < 1.29 is 17.9 Å². The second-order valence-electron chi connectivity index (χ2n) is 3.85. The van der Waals surface area contributed by atoms with Crippen LogP contribution in [0.25, 0.3) is 0 Å². The molecule has 5 nitrogen and oxygen atoms in total. The molecule has 0 bridgehead atoms. The number of ether oxygens (including phenoxy) is 1. The molecule has 0 aliphatic heterocycles. The van der Waals surface area contributed by atoms with Crippen molar-refractivity contribution >= 4 is 56.2 Å². The van der Waals surface area contributed by atoms with Gasteiger partial charge in [-0.25, -0.2) is 13.2 Å². The average Bonchev–Trinajstić information content (AvgIpc) is 2.80. The third-order valence-corrected chi connectivity index (χ3v) is 5.42. The summed E-state index contributed by atoms with van der Waals surface area (Å²) >= 11 is 12.4. The van der Waals surface area contributed by atoms with Crippen LogP contribution >= 0.6 is 34.5 Å². The van der Waals surface area contributed by atoms with Gasteiger partial charge in [-0.2, -0.15) is 0 Å². The lowest BCUT2D eigenvalue weighted by molar-refractivity contribution is 0.0602. The molecule has 1 aromatic carbocycles. The number of hydrogen-bond donors (Lipinski definition) is 1. The molecule has 0 atom stereocenters. The van der Waals surface area contributed by atoms with E-state index in [0.29, 0.717) is 5.02 Å². The highest BCUT2D eigenvalue weighted by atomic mass is 35.5. The summed E-state index contributed by atoms with van der Waals surface area (Å²) in [5.41, 5.74) is 0.278. The van der Waals surface area contributed by atoms with E-state index < -0.39 is 16.0 Å². The number of nitrogens with one attached hydrogen (secondary N) is 1. The summed E-state index contributed by atoms with van der Waals surface area (Å²) in [5, 5.41) is 0.381. The molecule has 0 aliphatic rings. The van der Waals surface area contributed by atoms with Crippen LogP contribution in [-0.4, -0.2) is 21.5 Å². The maximum absolute atomic E-state index is 12.4. The predicted octanol–water partition coefficient (Wildman–Crippen LogP) is 3.64. The second-order valence-corrected chi connectivity index (χ2v) is 7.62. The van der Waals surface area contributed by atoms with E-state index in [1.165, 1.54) is 18.2 Å². The summed E-state index contributed by atoms with van der Waals surface area (Å²) in [7, 11) is -2.82. The highest BCUT2D eigenvalue weighted by Gasteiger charge is 2.26. The van der Waals surface area contributed by atoms with E-state index >= 15 is 0 Å². The van der Waals surface area contributed by atoms with Gasteiger partial charge in [0.05, 0.1) is 17.1 Å². The van der Waals surface area contributed by atoms with Crippen LogP contribution in [-0.2, 0) is 14.8 Å². The fourth-order valence-electron chi connectivity index (χ4n) is 1.54. The summed E-state index contributed by atoms with van der Waals surface area (Å²) in [6, 6.07) is 7.40. The zero-order valence-corrected chi connectivity index (χ0v) is 13.7. The SMILES string of the molecule is COC(=O)c1sc(Cl)cc1S(=O)(=O)Nc1cccc(Cl)c1. The molecule has 2 aromatic rings. The van der Waals surface area contributed by atoms with Crippen LogP contribution in [0, 0.1) is 0 Å². The Morgan fingerprint density at radius 1 is 1.29 bits per heavy atom. The summed E-state index contributed by atoms with van der Waals surface area (Å²) in [4.78, 5) is 11.3. The lowest BCUT2D eigenvalue weighted by Gasteiger charge is -2.08. The van der Waals surface area contributed by atoms with Crippen LogP contribution in [0.2, 0.25) is 9.36 Å². The number of rotatable bonds is 4. The number of esters is 1. The fraction of sp³-hybridized carbons (Fsp3) is 0.0833. The van der Waals surface area contributed by atoms with Gasteiger partial charge in [-0.15, -0.1) is 11.3 Å². The Kier molecular flexibility index (Phi) is 4.77. The fourth-order valence-corrected chi connectivity index (χ4v) is 4.51. The Morgan fingerprint density at radius 2 is 2.00 bits per heavy atom. The number of benzene rings is 1. The van der Waals surface area contributed by atoms with Gasteiger partial charge >= 0.3 is 5.97 Å². The Balaban J connectivity index is 2.43. The first-order valence-electron chi connectivity index (χ1n) is 5.49. The molecule has 0 saturated carbocycles. The minimum absolute atomic E-state index is 0.0861. The smallest absolute Gasteiger partial charge is 0.349 e. The molecular weight excluding hydrogens is 357 g/mol. The van der Waals surface area contributed by atoms with E-state index in [1.54, 1.807) is 12.1 Å². The van der Waals surface area contributed by atoms with E-state index in [0.717, 1.165) is 18.4 Å². The number of thiophene rings is 1. The van der Waals surface area contributed by atoms with Crippen molar-refractivity contribution in [3.8, 4) is 0 Å². The average molecular weight is 366 g/mol. The number of carbonyl (C=O) groups excluding carboxylic acids is 1. The number of anilines is 1.